The smallest absolute Gasteiger partial charge is 0.243 e. The van der Waals surface area contributed by atoms with Crippen LogP contribution in [-0.2, 0) is 9.59 Å². The third-order valence-electron chi connectivity index (χ3n) is 2.02. The summed E-state index contributed by atoms with van der Waals surface area (Å²) in [7, 11) is 1.73. The highest BCUT2D eigenvalue weighted by molar-refractivity contribution is 7.98. The van der Waals surface area contributed by atoms with Crippen molar-refractivity contribution in [2.45, 2.75) is 32.2 Å². The van der Waals surface area contributed by atoms with Gasteiger partial charge in [-0.15, -0.1) is 0 Å². The summed E-state index contributed by atoms with van der Waals surface area (Å²) in [5.41, 5.74) is 0. The minimum absolute atomic E-state index is 0.188. The van der Waals surface area contributed by atoms with E-state index in [9.17, 15) is 9.59 Å². The van der Waals surface area contributed by atoms with E-state index in [2.05, 4.69) is 10.6 Å². The lowest BCUT2D eigenvalue weighted by atomic mass is 10.2. The topological polar surface area (TPSA) is 58.2 Å². The number of likely N-dealkylation sites (N-methyl/N-ethyl adjacent to an activating group) is 1. The Morgan fingerprint density at radius 3 is 2.53 bits per heavy atom. The molecule has 5 heteroatoms. The van der Waals surface area contributed by atoms with Crippen molar-refractivity contribution in [3.8, 4) is 0 Å². The minimum Gasteiger partial charge on any atom is -0.309 e. The molecule has 15 heavy (non-hydrogen) atoms. The van der Waals surface area contributed by atoms with Crippen molar-refractivity contribution in [3.63, 3.8) is 0 Å². The summed E-state index contributed by atoms with van der Waals surface area (Å²) in [6.07, 6.45) is 3.90. The Morgan fingerprint density at radius 1 is 1.40 bits per heavy atom. The van der Waals surface area contributed by atoms with Gasteiger partial charge >= 0.3 is 0 Å². The van der Waals surface area contributed by atoms with Crippen LogP contribution in [0.25, 0.3) is 0 Å². The Balaban J connectivity index is 3.97. The molecule has 0 aliphatic carbocycles. The van der Waals surface area contributed by atoms with Gasteiger partial charge < -0.3 is 5.32 Å². The van der Waals surface area contributed by atoms with Gasteiger partial charge in [0.05, 0.1) is 6.04 Å². The van der Waals surface area contributed by atoms with Crippen LogP contribution in [0.5, 0.6) is 0 Å². The molecule has 0 aliphatic rings. The molecular formula is C10H20N2O2S. The largest absolute Gasteiger partial charge is 0.309 e. The number of rotatable bonds is 7. The molecule has 0 bridgehead atoms. The monoisotopic (exact) mass is 232 g/mol. The number of hydrogen-bond donors (Lipinski definition) is 2. The molecule has 0 aromatic rings. The van der Waals surface area contributed by atoms with Crippen LogP contribution in [0.1, 0.15) is 26.2 Å². The van der Waals surface area contributed by atoms with E-state index >= 15 is 0 Å². The summed E-state index contributed by atoms with van der Waals surface area (Å²) in [6.45, 7) is 1.91. The van der Waals surface area contributed by atoms with Gasteiger partial charge in [-0.1, -0.05) is 6.92 Å². The molecule has 1 unspecified atom stereocenters. The van der Waals surface area contributed by atoms with E-state index in [1.54, 1.807) is 18.8 Å². The van der Waals surface area contributed by atoms with Gasteiger partial charge in [-0.3, -0.25) is 14.9 Å². The maximum atomic E-state index is 11.6. The van der Waals surface area contributed by atoms with Gasteiger partial charge in [-0.05, 0) is 31.9 Å². The molecule has 1 atom stereocenters. The average Bonchev–Trinajstić information content (AvgIpc) is 2.19. The second-order valence-corrected chi connectivity index (χ2v) is 4.27. The van der Waals surface area contributed by atoms with Crippen LogP contribution in [0.15, 0.2) is 0 Å². The highest BCUT2D eigenvalue weighted by atomic mass is 32.2. The lowest BCUT2D eigenvalue weighted by molar-refractivity contribution is -0.131. The highest BCUT2D eigenvalue weighted by Gasteiger charge is 2.17. The van der Waals surface area contributed by atoms with Crippen LogP contribution in [0, 0.1) is 0 Å². The molecule has 0 aromatic heterocycles. The zero-order valence-electron chi connectivity index (χ0n) is 9.63. The summed E-state index contributed by atoms with van der Waals surface area (Å²) in [5.74, 6) is 0.498. The molecule has 0 aromatic carbocycles. The average molecular weight is 232 g/mol. The lowest BCUT2D eigenvalue weighted by Gasteiger charge is -2.14. The molecule has 88 valence electrons. The van der Waals surface area contributed by atoms with E-state index < -0.39 is 0 Å². The predicted octanol–water partition coefficient (Wildman–Crippen LogP) is 0.770. The number of hydrogen-bond acceptors (Lipinski definition) is 4. The zero-order valence-corrected chi connectivity index (χ0v) is 10.4. The number of nitrogens with one attached hydrogen (secondary N) is 2. The van der Waals surface area contributed by atoms with Gasteiger partial charge in [0.1, 0.15) is 0 Å². The summed E-state index contributed by atoms with van der Waals surface area (Å²) in [4.78, 5) is 22.7. The molecule has 0 heterocycles. The Labute approximate surface area is 95.6 Å². The standard InChI is InChI=1S/C10H20N2O2S/c1-4-5-9(13)12-10(14)8(11-2)6-7-15-3/h8,11H,4-7H2,1-3H3,(H,12,13,14). The van der Waals surface area contributed by atoms with E-state index in [1.807, 2.05) is 13.2 Å². The van der Waals surface area contributed by atoms with Crippen LogP contribution in [0.2, 0.25) is 0 Å². The van der Waals surface area contributed by atoms with E-state index in [0.717, 1.165) is 18.6 Å². The Hall–Kier alpha value is -0.550. The van der Waals surface area contributed by atoms with Gasteiger partial charge in [0.2, 0.25) is 11.8 Å². The number of carbonyl (C=O) groups is 2. The van der Waals surface area contributed by atoms with Crippen molar-refractivity contribution in [1.29, 1.82) is 0 Å². The van der Waals surface area contributed by atoms with E-state index in [-0.39, 0.29) is 17.9 Å². The predicted molar refractivity (Wildman–Crippen MR) is 63.9 cm³/mol. The van der Waals surface area contributed by atoms with Crippen LogP contribution in [0.3, 0.4) is 0 Å². The normalized spacial score (nSPS) is 12.2. The van der Waals surface area contributed by atoms with Crippen LogP contribution in [0.4, 0.5) is 0 Å². The molecule has 2 N–H and O–H groups in total. The molecular weight excluding hydrogens is 212 g/mol. The fourth-order valence-corrected chi connectivity index (χ4v) is 1.63. The van der Waals surface area contributed by atoms with Gasteiger partial charge in [0.15, 0.2) is 0 Å². The van der Waals surface area contributed by atoms with E-state index in [1.165, 1.54) is 0 Å². The van der Waals surface area contributed by atoms with E-state index in [4.69, 9.17) is 0 Å². The van der Waals surface area contributed by atoms with Crippen molar-refractivity contribution in [2.24, 2.45) is 0 Å². The first-order valence-electron chi connectivity index (χ1n) is 5.15. The maximum absolute atomic E-state index is 11.6. The van der Waals surface area contributed by atoms with Crippen molar-refractivity contribution >= 4 is 23.6 Å². The first-order valence-corrected chi connectivity index (χ1v) is 6.55. The van der Waals surface area contributed by atoms with Crippen molar-refractivity contribution < 1.29 is 9.59 Å². The molecule has 4 nitrogen and oxygen atoms in total. The molecule has 0 fully saturated rings. The molecule has 0 spiro atoms. The molecule has 0 saturated heterocycles. The van der Waals surface area contributed by atoms with Crippen molar-refractivity contribution in [1.82, 2.24) is 10.6 Å². The second kappa shape index (κ2) is 8.73. The Morgan fingerprint density at radius 2 is 2.07 bits per heavy atom. The summed E-state index contributed by atoms with van der Waals surface area (Å²) >= 11 is 1.69. The Kier molecular flexibility index (Phi) is 8.41. The highest BCUT2D eigenvalue weighted by Crippen LogP contribution is 2.00. The van der Waals surface area contributed by atoms with Crippen LogP contribution in [-0.4, -0.2) is 36.9 Å². The number of amides is 2. The molecule has 0 saturated carbocycles. The molecule has 0 rings (SSSR count). The summed E-state index contributed by atoms with van der Waals surface area (Å²) in [5, 5.41) is 5.30. The third-order valence-corrected chi connectivity index (χ3v) is 2.66. The SMILES string of the molecule is CCCC(=O)NC(=O)C(CCSC)NC. The van der Waals surface area contributed by atoms with E-state index in [0.29, 0.717) is 6.42 Å². The van der Waals surface area contributed by atoms with Gasteiger partial charge in [0.25, 0.3) is 0 Å². The third kappa shape index (κ3) is 6.52. The van der Waals surface area contributed by atoms with Gasteiger partial charge in [-0.25, -0.2) is 0 Å². The first kappa shape index (κ1) is 14.5. The fraction of sp³-hybridized carbons (Fsp3) is 0.800. The number of imide groups is 1. The zero-order chi connectivity index (χ0) is 11.7. The maximum Gasteiger partial charge on any atom is 0.243 e. The quantitative estimate of drug-likeness (QED) is 0.681. The fourth-order valence-electron chi connectivity index (χ4n) is 1.16. The molecule has 0 radical (unpaired) electrons. The lowest BCUT2D eigenvalue weighted by Crippen LogP contribution is -2.45. The molecule has 0 aliphatic heterocycles. The second-order valence-electron chi connectivity index (χ2n) is 3.29. The van der Waals surface area contributed by atoms with Crippen LogP contribution < -0.4 is 10.6 Å². The minimum atomic E-state index is -0.266. The van der Waals surface area contributed by atoms with Crippen molar-refractivity contribution in [3.05, 3.63) is 0 Å². The van der Waals surface area contributed by atoms with Crippen LogP contribution >= 0.6 is 11.8 Å². The number of thioether (sulfide) groups is 1. The number of carbonyl (C=O) groups excluding carboxylic acids is 2. The van der Waals surface area contributed by atoms with Gasteiger partial charge in [-0.2, -0.15) is 11.8 Å². The molecule has 2 amide bonds. The summed E-state index contributed by atoms with van der Waals surface area (Å²) < 4.78 is 0. The first-order chi connectivity index (χ1) is 7.15. The van der Waals surface area contributed by atoms with Gasteiger partial charge in [0, 0.05) is 6.42 Å². The van der Waals surface area contributed by atoms with Crippen molar-refractivity contribution in [2.75, 3.05) is 19.1 Å². The summed E-state index contributed by atoms with van der Waals surface area (Å²) in [6, 6.07) is -0.266. The Bertz CT molecular complexity index is 210.